The zero-order valence-electron chi connectivity index (χ0n) is 13.1. The van der Waals surface area contributed by atoms with Crippen molar-refractivity contribution in [2.24, 2.45) is 11.3 Å². The Bertz CT molecular complexity index is 317. The maximum absolute atomic E-state index is 12.6. The first-order chi connectivity index (χ1) is 8.89. The molecule has 0 aromatic heterocycles. The van der Waals surface area contributed by atoms with Gasteiger partial charge in [0.1, 0.15) is 0 Å². The molecule has 1 aliphatic heterocycles. The van der Waals surface area contributed by atoms with Crippen molar-refractivity contribution >= 4 is 6.03 Å². The van der Waals surface area contributed by atoms with E-state index in [9.17, 15) is 4.79 Å². The van der Waals surface area contributed by atoms with E-state index in [2.05, 4.69) is 25.7 Å². The Labute approximate surface area is 118 Å². The fourth-order valence-corrected chi connectivity index (χ4v) is 3.51. The Kier molecular flexibility index (Phi) is 4.42. The SMILES string of the molecule is CC1CCCN(C(=O)N(C)C2CCC(C)(C)CC2)C1. The van der Waals surface area contributed by atoms with Crippen LogP contribution < -0.4 is 0 Å². The maximum Gasteiger partial charge on any atom is 0.319 e. The molecule has 0 spiro atoms. The number of hydrogen-bond donors (Lipinski definition) is 0. The van der Waals surface area contributed by atoms with Gasteiger partial charge in [-0.3, -0.25) is 0 Å². The maximum atomic E-state index is 12.6. The minimum absolute atomic E-state index is 0.260. The molecular weight excluding hydrogens is 236 g/mol. The fraction of sp³-hybridized carbons (Fsp3) is 0.938. The first kappa shape index (κ1) is 14.7. The van der Waals surface area contributed by atoms with Gasteiger partial charge in [0.2, 0.25) is 0 Å². The minimum atomic E-state index is 0.260. The molecule has 0 aromatic rings. The van der Waals surface area contributed by atoms with Crippen LogP contribution in [0.4, 0.5) is 4.79 Å². The second-order valence-electron chi connectivity index (χ2n) is 7.48. The van der Waals surface area contributed by atoms with E-state index < -0.39 is 0 Å². The summed E-state index contributed by atoms with van der Waals surface area (Å²) in [6.45, 7) is 8.84. The predicted molar refractivity (Wildman–Crippen MR) is 79.2 cm³/mol. The highest BCUT2D eigenvalue weighted by Crippen LogP contribution is 2.36. The van der Waals surface area contributed by atoms with Crippen LogP contribution in [0.25, 0.3) is 0 Å². The standard InChI is InChI=1S/C16H30N2O/c1-13-6-5-11-18(12-13)15(19)17(4)14-7-9-16(2,3)10-8-14/h13-14H,5-12H2,1-4H3. The summed E-state index contributed by atoms with van der Waals surface area (Å²) in [6.07, 6.45) is 7.25. The van der Waals surface area contributed by atoms with Crippen molar-refractivity contribution in [2.75, 3.05) is 20.1 Å². The Morgan fingerprint density at radius 3 is 2.42 bits per heavy atom. The largest absolute Gasteiger partial charge is 0.325 e. The highest BCUT2D eigenvalue weighted by atomic mass is 16.2. The molecule has 1 heterocycles. The highest BCUT2D eigenvalue weighted by Gasteiger charge is 2.32. The number of nitrogens with zero attached hydrogens (tertiary/aromatic N) is 2. The Hall–Kier alpha value is -0.730. The third kappa shape index (κ3) is 3.64. The summed E-state index contributed by atoms with van der Waals surface area (Å²) >= 11 is 0. The Morgan fingerprint density at radius 2 is 1.84 bits per heavy atom. The summed E-state index contributed by atoms with van der Waals surface area (Å²) in [7, 11) is 2.00. The monoisotopic (exact) mass is 266 g/mol. The number of carbonyl (C=O) groups excluding carboxylic acids is 1. The molecule has 3 heteroatoms. The van der Waals surface area contributed by atoms with E-state index in [1.807, 2.05) is 11.9 Å². The van der Waals surface area contributed by atoms with Crippen molar-refractivity contribution in [3.8, 4) is 0 Å². The average Bonchev–Trinajstić information content (AvgIpc) is 2.37. The molecule has 1 saturated carbocycles. The minimum Gasteiger partial charge on any atom is -0.325 e. The van der Waals surface area contributed by atoms with E-state index in [-0.39, 0.29) is 6.03 Å². The first-order valence-electron chi connectivity index (χ1n) is 7.91. The number of piperidine rings is 1. The van der Waals surface area contributed by atoms with Crippen LogP contribution in [-0.2, 0) is 0 Å². The fourth-order valence-electron chi connectivity index (χ4n) is 3.51. The van der Waals surface area contributed by atoms with Crippen LogP contribution in [-0.4, -0.2) is 42.0 Å². The number of carbonyl (C=O) groups is 1. The summed E-state index contributed by atoms with van der Waals surface area (Å²) in [6, 6.07) is 0.717. The van der Waals surface area contributed by atoms with Crippen LogP contribution in [0.3, 0.4) is 0 Å². The van der Waals surface area contributed by atoms with Crippen molar-refractivity contribution in [2.45, 2.75) is 65.3 Å². The molecular formula is C16H30N2O. The number of urea groups is 1. The van der Waals surface area contributed by atoms with Crippen LogP contribution in [0.5, 0.6) is 0 Å². The number of hydrogen-bond acceptors (Lipinski definition) is 1. The van der Waals surface area contributed by atoms with E-state index in [1.54, 1.807) is 0 Å². The van der Waals surface area contributed by atoms with Gasteiger partial charge >= 0.3 is 6.03 Å². The molecule has 2 fully saturated rings. The predicted octanol–water partition coefficient (Wildman–Crippen LogP) is 3.74. The van der Waals surface area contributed by atoms with Gasteiger partial charge in [-0.25, -0.2) is 4.79 Å². The number of likely N-dealkylation sites (tertiary alicyclic amines) is 1. The van der Waals surface area contributed by atoms with Crippen molar-refractivity contribution in [3.63, 3.8) is 0 Å². The topological polar surface area (TPSA) is 23.6 Å². The lowest BCUT2D eigenvalue weighted by atomic mass is 9.75. The zero-order chi connectivity index (χ0) is 14.0. The molecule has 1 saturated heterocycles. The second-order valence-corrected chi connectivity index (χ2v) is 7.48. The third-order valence-corrected chi connectivity index (χ3v) is 5.09. The smallest absolute Gasteiger partial charge is 0.319 e. The molecule has 1 atom stereocenters. The van der Waals surface area contributed by atoms with E-state index in [0.29, 0.717) is 17.4 Å². The zero-order valence-corrected chi connectivity index (χ0v) is 13.1. The molecule has 2 amide bonds. The van der Waals surface area contributed by atoms with Gasteiger partial charge in [-0.2, -0.15) is 0 Å². The molecule has 3 nitrogen and oxygen atoms in total. The summed E-state index contributed by atoms with van der Waals surface area (Å²) in [5, 5.41) is 0. The quantitative estimate of drug-likeness (QED) is 0.709. The molecule has 1 aliphatic carbocycles. The van der Waals surface area contributed by atoms with Crippen LogP contribution in [0.1, 0.15) is 59.3 Å². The van der Waals surface area contributed by atoms with Crippen LogP contribution >= 0.6 is 0 Å². The lowest BCUT2D eigenvalue weighted by Crippen LogP contribution is -2.50. The summed E-state index contributed by atoms with van der Waals surface area (Å²) in [5.74, 6) is 0.663. The van der Waals surface area contributed by atoms with Crippen LogP contribution in [0, 0.1) is 11.3 Å². The normalized spacial score (nSPS) is 28.2. The molecule has 0 bridgehead atoms. The first-order valence-corrected chi connectivity index (χ1v) is 7.91. The molecule has 2 aliphatic rings. The van der Waals surface area contributed by atoms with Crippen molar-refractivity contribution in [3.05, 3.63) is 0 Å². The molecule has 2 rings (SSSR count). The van der Waals surface area contributed by atoms with Gasteiger partial charge in [0.05, 0.1) is 0 Å². The van der Waals surface area contributed by atoms with Gasteiger partial charge < -0.3 is 9.80 Å². The molecule has 110 valence electrons. The average molecular weight is 266 g/mol. The Balaban J connectivity index is 1.88. The van der Waals surface area contributed by atoms with Crippen molar-refractivity contribution in [1.82, 2.24) is 9.80 Å². The van der Waals surface area contributed by atoms with Crippen molar-refractivity contribution < 1.29 is 4.79 Å². The number of amides is 2. The van der Waals surface area contributed by atoms with E-state index in [0.717, 1.165) is 13.1 Å². The van der Waals surface area contributed by atoms with Crippen molar-refractivity contribution in [1.29, 1.82) is 0 Å². The van der Waals surface area contributed by atoms with E-state index >= 15 is 0 Å². The molecule has 19 heavy (non-hydrogen) atoms. The summed E-state index contributed by atoms with van der Waals surface area (Å²) < 4.78 is 0. The molecule has 0 aromatic carbocycles. The lowest BCUT2D eigenvalue weighted by molar-refractivity contribution is 0.0989. The molecule has 0 N–H and O–H groups in total. The summed E-state index contributed by atoms with van der Waals surface area (Å²) in [4.78, 5) is 16.6. The van der Waals surface area contributed by atoms with Gasteiger partial charge in [0, 0.05) is 26.2 Å². The van der Waals surface area contributed by atoms with Crippen LogP contribution in [0.2, 0.25) is 0 Å². The molecule has 1 unspecified atom stereocenters. The van der Waals surface area contributed by atoms with Gasteiger partial charge in [0.25, 0.3) is 0 Å². The van der Waals surface area contributed by atoms with Gasteiger partial charge in [0.15, 0.2) is 0 Å². The van der Waals surface area contributed by atoms with Crippen LogP contribution in [0.15, 0.2) is 0 Å². The van der Waals surface area contributed by atoms with E-state index in [4.69, 9.17) is 0 Å². The van der Waals surface area contributed by atoms with E-state index in [1.165, 1.54) is 38.5 Å². The molecule has 0 radical (unpaired) electrons. The van der Waals surface area contributed by atoms with Gasteiger partial charge in [-0.05, 0) is 49.9 Å². The third-order valence-electron chi connectivity index (χ3n) is 5.09. The number of rotatable bonds is 1. The van der Waals surface area contributed by atoms with Gasteiger partial charge in [-0.15, -0.1) is 0 Å². The summed E-state index contributed by atoms with van der Waals surface area (Å²) in [5.41, 5.74) is 0.472. The highest BCUT2D eigenvalue weighted by molar-refractivity contribution is 5.74. The lowest BCUT2D eigenvalue weighted by Gasteiger charge is -2.41. The van der Waals surface area contributed by atoms with Gasteiger partial charge in [-0.1, -0.05) is 20.8 Å². The second kappa shape index (κ2) is 5.72. The Morgan fingerprint density at radius 1 is 1.21 bits per heavy atom.